The van der Waals surface area contributed by atoms with Gasteiger partial charge in [0.05, 0.1) is 12.6 Å². The van der Waals surface area contributed by atoms with Gasteiger partial charge in [0.2, 0.25) is 11.8 Å². The van der Waals surface area contributed by atoms with Crippen LogP contribution >= 0.6 is 12.4 Å². The molecule has 0 saturated heterocycles. The van der Waals surface area contributed by atoms with Crippen molar-refractivity contribution in [1.82, 2.24) is 10.6 Å². The van der Waals surface area contributed by atoms with Gasteiger partial charge in [-0.05, 0) is 37.0 Å². The largest absolute Gasteiger partial charge is 0.445 e. The number of alkyl carbamates (subject to hydrolysis) is 1. The molecule has 3 atom stereocenters. The standard InChI is InChI=1S/C21H30N4O5.ClH/c1-5-8-30-21(29)25-18(12(2)3)20(28)22-13(4)19(27)24-15-7-6-14-9-16(11-26)23-17(14)10-15;/h5-7,10,12-13,16,18,23,26H,1,8-9,11H2,2-4H3,(H,22,28)(H,24,27)(H,25,29);1H/t13-,16-,18-;/m0./s1. The summed E-state index contributed by atoms with van der Waals surface area (Å²) in [5.41, 5.74) is 2.52. The third-order valence-electron chi connectivity index (χ3n) is 4.73. The Morgan fingerprint density at radius 3 is 2.58 bits per heavy atom. The number of fused-ring (bicyclic) bond motifs is 1. The third-order valence-corrected chi connectivity index (χ3v) is 4.73. The summed E-state index contributed by atoms with van der Waals surface area (Å²) in [7, 11) is 0. The van der Waals surface area contributed by atoms with Crippen LogP contribution in [0.1, 0.15) is 26.3 Å². The van der Waals surface area contributed by atoms with Crippen molar-refractivity contribution in [1.29, 1.82) is 0 Å². The van der Waals surface area contributed by atoms with Crippen LogP contribution in [0.25, 0.3) is 0 Å². The summed E-state index contributed by atoms with van der Waals surface area (Å²) in [4.78, 5) is 36.8. The zero-order chi connectivity index (χ0) is 22.3. The van der Waals surface area contributed by atoms with Gasteiger partial charge in [-0.1, -0.05) is 32.6 Å². The van der Waals surface area contributed by atoms with Gasteiger partial charge in [-0.3, -0.25) is 9.59 Å². The molecule has 1 aliphatic heterocycles. The predicted molar refractivity (Wildman–Crippen MR) is 121 cm³/mol. The van der Waals surface area contributed by atoms with Crippen LogP contribution in [-0.2, 0) is 20.7 Å². The van der Waals surface area contributed by atoms with Crippen LogP contribution in [0.5, 0.6) is 0 Å². The normalized spacial score (nSPS) is 16.1. The second-order valence-electron chi connectivity index (χ2n) is 7.57. The van der Waals surface area contributed by atoms with Crippen LogP contribution in [-0.4, -0.2) is 54.4 Å². The average molecular weight is 455 g/mol. The number of carbonyl (C=O) groups is 3. The third kappa shape index (κ3) is 7.45. The van der Waals surface area contributed by atoms with Gasteiger partial charge in [0, 0.05) is 11.4 Å². The van der Waals surface area contributed by atoms with Crippen molar-refractivity contribution in [2.24, 2.45) is 5.92 Å². The van der Waals surface area contributed by atoms with Crippen LogP contribution in [0.15, 0.2) is 30.9 Å². The summed E-state index contributed by atoms with van der Waals surface area (Å²) in [5.74, 6) is -1.08. The highest BCUT2D eigenvalue weighted by Crippen LogP contribution is 2.28. The van der Waals surface area contributed by atoms with Gasteiger partial charge in [0.25, 0.3) is 0 Å². The second kappa shape index (κ2) is 12.2. The molecule has 172 valence electrons. The molecule has 5 N–H and O–H groups in total. The van der Waals surface area contributed by atoms with Crippen molar-refractivity contribution in [3.63, 3.8) is 0 Å². The number of aliphatic hydroxyl groups is 1. The van der Waals surface area contributed by atoms with Crippen molar-refractivity contribution in [3.05, 3.63) is 36.4 Å². The first-order chi connectivity index (χ1) is 14.2. The lowest BCUT2D eigenvalue weighted by atomic mass is 10.0. The minimum Gasteiger partial charge on any atom is -0.445 e. The summed E-state index contributed by atoms with van der Waals surface area (Å²) < 4.78 is 4.86. The number of hydrogen-bond acceptors (Lipinski definition) is 6. The first-order valence-corrected chi connectivity index (χ1v) is 9.90. The Bertz CT molecular complexity index is 802. The number of halogens is 1. The van der Waals surface area contributed by atoms with E-state index in [-0.39, 0.29) is 37.6 Å². The molecule has 0 radical (unpaired) electrons. The number of rotatable bonds is 9. The Morgan fingerprint density at radius 1 is 1.26 bits per heavy atom. The molecule has 0 fully saturated rings. The molecule has 0 aliphatic carbocycles. The lowest BCUT2D eigenvalue weighted by molar-refractivity contribution is -0.128. The van der Waals surface area contributed by atoms with E-state index in [1.54, 1.807) is 32.9 Å². The fourth-order valence-corrected chi connectivity index (χ4v) is 3.07. The van der Waals surface area contributed by atoms with Gasteiger partial charge >= 0.3 is 6.09 Å². The molecule has 3 amide bonds. The van der Waals surface area contributed by atoms with Crippen LogP contribution in [0, 0.1) is 5.92 Å². The molecule has 10 heteroatoms. The van der Waals surface area contributed by atoms with Gasteiger partial charge in [-0.2, -0.15) is 0 Å². The molecule has 1 aromatic rings. The summed E-state index contributed by atoms with van der Waals surface area (Å²) in [6, 6.07) is 3.77. The Balaban J connectivity index is 0.00000480. The van der Waals surface area contributed by atoms with Gasteiger partial charge in [0.1, 0.15) is 18.7 Å². The Hall–Kier alpha value is -2.78. The molecule has 2 rings (SSSR count). The molecule has 0 spiro atoms. The Morgan fingerprint density at radius 2 is 1.97 bits per heavy atom. The number of amides is 3. The molecule has 31 heavy (non-hydrogen) atoms. The van der Waals surface area contributed by atoms with Crippen molar-refractivity contribution in [3.8, 4) is 0 Å². The van der Waals surface area contributed by atoms with Crippen molar-refractivity contribution in [2.75, 3.05) is 23.8 Å². The van der Waals surface area contributed by atoms with Crippen LogP contribution in [0.2, 0.25) is 0 Å². The van der Waals surface area contributed by atoms with E-state index in [1.807, 2.05) is 6.07 Å². The summed E-state index contributed by atoms with van der Waals surface area (Å²) in [6.07, 6.45) is 1.42. The molecule has 1 aromatic carbocycles. The molecule has 0 saturated carbocycles. The maximum Gasteiger partial charge on any atom is 0.408 e. The molecular formula is C21H31ClN4O5. The molecule has 1 heterocycles. The summed E-state index contributed by atoms with van der Waals surface area (Å²) >= 11 is 0. The van der Waals surface area contributed by atoms with Gasteiger partial charge in [-0.25, -0.2) is 4.79 Å². The molecule has 0 bridgehead atoms. The average Bonchev–Trinajstić information content (AvgIpc) is 3.12. The van der Waals surface area contributed by atoms with E-state index < -0.39 is 30.0 Å². The highest BCUT2D eigenvalue weighted by molar-refractivity contribution is 5.98. The fourth-order valence-electron chi connectivity index (χ4n) is 3.07. The molecule has 0 aromatic heterocycles. The first-order valence-electron chi connectivity index (χ1n) is 9.90. The maximum absolute atomic E-state index is 12.6. The van der Waals surface area contributed by atoms with E-state index in [4.69, 9.17) is 4.74 Å². The van der Waals surface area contributed by atoms with Crippen LogP contribution < -0.4 is 21.3 Å². The molecule has 1 aliphatic rings. The number of nitrogens with one attached hydrogen (secondary N) is 4. The smallest absolute Gasteiger partial charge is 0.408 e. The summed E-state index contributed by atoms with van der Waals surface area (Å²) in [5, 5.41) is 20.4. The maximum atomic E-state index is 12.6. The zero-order valence-electron chi connectivity index (χ0n) is 17.9. The number of carbonyl (C=O) groups excluding carboxylic acids is 3. The van der Waals surface area contributed by atoms with Crippen LogP contribution in [0.3, 0.4) is 0 Å². The highest BCUT2D eigenvalue weighted by Gasteiger charge is 2.27. The molecule has 0 unspecified atom stereocenters. The van der Waals surface area contributed by atoms with E-state index in [0.717, 1.165) is 17.7 Å². The minimum absolute atomic E-state index is 0. The Kier molecular flexibility index (Phi) is 10.3. The second-order valence-corrected chi connectivity index (χ2v) is 7.57. The summed E-state index contributed by atoms with van der Waals surface area (Å²) in [6.45, 7) is 8.64. The number of benzene rings is 1. The first kappa shape index (κ1) is 26.3. The van der Waals surface area contributed by atoms with E-state index >= 15 is 0 Å². The van der Waals surface area contributed by atoms with Crippen LogP contribution in [0.4, 0.5) is 16.2 Å². The minimum atomic E-state index is -0.850. The lowest BCUT2D eigenvalue weighted by Gasteiger charge is -2.23. The van der Waals surface area contributed by atoms with Gasteiger partial charge in [0.15, 0.2) is 0 Å². The topological polar surface area (TPSA) is 129 Å². The lowest BCUT2D eigenvalue weighted by Crippen LogP contribution is -2.53. The van der Waals surface area contributed by atoms with Gasteiger partial charge in [-0.15, -0.1) is 12.4 Å². The number of aliphatic hydroxyl groups excluding tert-OH is 1. The quantitative estimate of drug-likeness (QED) is 0.362. The fraction of sp³-hybridized carbons (Fsp3) is 0.476. The van der Waals surface area contributed by atoms with E-state index in [2.05, 4.69) is 27.8 Å². The highest BCUT2D eigenvalue weighted by atomic mass is 35.5. The SMILES string of the molecule is C=CCOC(=O)N[C@H](C(=O)N[C@@H](C)C(=O)Nc1ccc2c(c1)N[C@H](CO)C2)C(C)C.Cl. The van der Waals surface area contributed by atoms with Crippen molar-refractivity contribution >= 4 is 41.7 Å². The van der Waals surface area contributed by atoms with Crippen molar-refractivity contribution in [2.45, 2.75) is 45.3 Å². The van der Waals surface area contributed by atoms with Gasteiger partial charge < -0.3 is 31.1 Å². The zero-order valence-corrected chi connectivity index (χ0v) is 18.8. The molecular weight excluding hydrogens is 424 g/mol. The number of anilines is 2. The number of hydrogen-bond donors (Lipinski definition) is 5. The monoisotopic (exact) mass is 454 g/mol. The van der Waals surface area contributed by atoms with E-state index in [0.29, 0.717) is 5.69 Å². The van der Waals surface area contributed by atoms with Crippen molar-refractivity contribution < 1.29 is 24.2 Å². The number of ether oxygens (including phenoxy) is 1. The van der Waals surface area contributed by atoms with E-state index in [9.17, 15) is 19.5 Å². The van der Waals surface area contributed by atoms with E-state index in [1.165, 1.54) is 6.08 Å². The molecule has 9 nitrogen and oxygen atoms in total. The predicted octanol–water partition coefficient (Wildman–Crippen LogP) is 1.82. The Labute approximate surface area is 188 Å².